The lowest BCUT2D eigenvalue weighted by Crippen LogP contribution is -2.44. The van der Waals surface area contributed by atoms with Crippen LogP contribution in [0.3, 0.4) is 0 Å². The van der Waals surface area contributed by atoms with Crippen molar-refractivity contribution in [3.8, 4) is 0 Å². The summed E-state index contributed by atoms with van der Waals surface area (Å²) < 4.78 is 4.99. The first kappa shape index (κ1) is 17.2. The van der Waals surface area contributed by atoms with E-state index in [2.05, 4.69) is 11.8 Å². The summed E-state index contributed by atoms with van der Waals surface area (Å²) in [5.74, 6) is 0.361. The molecule has 0 amide bonds. The summed E-state index contributed by atoms with van der Waals surface area (Å²) in [5, 5.41) is 0. The zero-order chi connectivity index (χ0) is 15.2. The van der Waals surface area contributed by atoms with Crippen molar-refractivity contribution >= 4 is 11.8 Å². The molecule has 0 spiro atoms. The summed E-state index contributed by atoms with van der Waals surface area (Å²) in [4.78, 5) is 26.3. The van der Waals surface area contributed by atoms with E-state index in [-0.39, 0.29) is 5.78 Å². The highest BCUT2D eigenvalue weighted by molar-refractivity contribution is 6.03. The molecule has 1 aliphatic heterocycles. The van der Waals surface area contributed by atoms with Crippen molar-refractivity contribution in [1.82, 2.24) is 4.90 Å². The number of carbonyl (C=O) groups excluding carboxylic acids is 2. The Morgan fingerprint density at radius 3 is 2.30 bits per heavy atom. The number of hydrogen-bond donors (Lipinski definition) is 0. The molecular weight excluding hydrogens is 254 g/mol. The molecule has 0 saturated carbocycles. The fourth-order valence-corrected chi connectivity index (χ4v) is 2.67. The van der Waals surface area contributed by atoms with Gasteiger partial charge in [0.15, 0.2) is 5.78 Å². The molecule has 0 unspecified atom stereocenters. The van der Waals surface area contributed by atoms with Crippen LogP contribution in [-0.2, 0) is 14.3 Å². The third-order valence-electron chi connectivity index (χ3n) is 4.25. The fraction of sp³-hybridized carbons (Fsp3) is 0.875. The van der Waals surface area contributed by atoms with E-state index in [4.69, 9.17) is 4.74 Å². The molecule has 0 atom stereocenters. The molecule has 20 heavy (non-hydrogen) atoms. The van der Waals surface area contributed by atoms with Gasteiger partial charge in [0.05, 0.1) is 13.2 Å². The van der Waals surface area contributed by atoms with Crippen molar-refractivity contribution in [3.05, 3.63) is 0 Å². The van der Waals surface area contributed by atoms with Crippen molar-refractivity contribution < 1.29 is 14.3 Å². The molecule has 0 radical (unpaired) electrons. The monoisotopic (exact) mass is 283 g/mol. The van der Waals surface area contributed by atoms with Gasteiger partial charge in [-0.1, -0.05) is 19.8 Å². The Bertz CT molecular complexity index is 331. The molecular formula is C16H29NO3. The number of nitrogens with zero attached hydrogens (tertiary/aromatic N) is 1. The molecule has 4 heteroatoms. The summed E-state index contributed by atoms with van der Waals surface area (Å²) in [6, 6.07) is 0. The molecule has 0 aromatic heterocycles. The summed E-state index contributed by atoms with van der Waals surface area (Å²) in [6.07, 6.45) is 4.86. The number of esters is 1. The average molecular weight is 283 g/mol. The largest absolute Gasteiger partial charge is 0.465 e. The van der Waals surface area contributed by atoms with Gasteiger partial charge in [0.1, 0.15) is 5.41 Å². The minimum Gasteiger partial charge on any atom is -0.465 e. The predicted molar refractivity (Wildman–Crippen MR) is 79.5 cm³/mol. The Kier molecular flexibility index (Phi) is 6.66. The van der Waals surface area contributed by atoms with Crippen LogP contribution in [0.4, 0.5) is 0 Å². The maximum Gasteiger partial charge on any atom is 0.319 e. The van der Waals surface area contributed by atoms with Crippen molar-refractivity contribution in [1.29, 1.82) is 0 Å². The minimum absolute atomic E-state index is 0.0371. The molecule has 4 nitrogen and oxygen atoms in total. The highest BCUT2D eigenvalue weighted by Gasteiger charge is 2.38. The van der Waals surface area contributed by atoms with Crippen LogP contribution in [-0.4, -0.2) is 42.9 Å². The second-order valence-electron chi connectivity index (χ2n) is 6.28. The van der Waals surface area contributed by atoms with Crippen molar-refractivity contribution in [2.45, 2.75) is 53.4 Å². The van der Waals surface area contributed by atoms with E-state index in [0.29, 0.717) is 13.2 Å². The van der Waals surface area contributed by atoms with Gasteiger partial charge in [0, 0.05) is 0 Å². The Morgan fingerprint density at radius 1 is 1.20 bits per heavy atom. The van der Waals surface area contributed by atoms with Gasteiger partial charge in [-0.15, -0.1) is 0 Å². The second kappa shape index (κ2) is 7.77. The van der Waals surface area contributed by atoms with Crippen LogP contribution in [0.5, 0.6) is 0 Å². The lowest BCUT2D eigenvalue weighted by Gasteiger charge is -2.33. The molecule has 0 N–H and O–H groups in total. The average Bonchev–Trinajstić information content (AvgIpc) is 2.41. The standard InChI is InChI=1S/C16H29NO3/c1-5-7-13-8-10-17(11-9-13)12-14(18)16(3,4)15(19)20-6-2/h13H,5-12H2,1-4H3. The molecule has 1 fully saturated rings. The van der Waals surface area contributed by atoms with Gasteiger partial charge in [-0.25, -0.2) is 0 Å². The molecule has 1 rings (SSSR count). The third-order valence-corrected chi connectivity index (χ3v) is 4.25. The molecule has 0 aromatic rings. The van der Waals surface area contributed by atoms with Gasteiger partial charge in [-0.3, -0.25) is 14.5 Å². The van der Waals surface area contributed by atoms with Gasteiger partial charge in [0.2, 0.25) is 0 Å². The van der Waals surface area contributed by atoms with Crippen LogP contribution in [0, 0.1) is 11.3 Å². The van der Waals surface area contributed by atoms with Crippen molar-refractivity contribution in [2.24, 2.45) is 11.3 Å². The number of carbonyl (C=O) groups is 2. The van der Waals surface area contributed by atoms with E-state index in [0.717, 1.165) is 19.0 Å². The number of ether oxygens (including phenoxy) is 1. The second-order valence-corrected chi connectivity index (χ2v) is 6.28. The third kappa shape index (κ3) is 4.58. The van der Waals surface area contributed by atoms with Crippen LogP contribution < -0.4 is 0 Å². The summed E-state index contributed by atoms with van der Waals surface area (Å²) in [7, 11) is 0. The van der Waals surface area contributed by atoms with Gasteiger partial charge >= 0.3 is 5.97 Å². The van der Waals surface area contributed by atoms with Gasteiger partial charge in [-0.2, -0.15) is 0 Å². The van der Waals surface area contributed by atoms with E-state index >= 15 is 0 Å². The molecule has 1 heterocycles. The minimum atomic E-state index is -1.03. The number of hydrogen-bond acceptors (Lipinski definition) is 4. The first-order valence-corrected chi connectivity index (χ1v) is 7.84. The highest BCUT2D eigenvalue weighted by Crippen LogP contribution is 2.24. The van der Waals surface area contributed by atoms with E-state index < -0.39 is 11.4 Å². The Labute approximate surface area is 122 Å². The maximum atomic E-state index is 12.3. The predicted octanol–water partition coefficient (Wildman–Crippen LogP) is 2.66. The molecule has 0 bridgehead atoms. The van der Waals surface area contributed by atoms with E-state index in [1.54, 1.807) is 20.8 Å². The van der Waals surface area contributed by atoms with Gasteiger partial charge < -0.3 is 4.74 Å². The number of likely N-dealkylation sites (tertiary alicyclic amines) is 1. The Morgan fingerprint density at radius 2 is 1.80 bits per heavy atom. The molecule has 0 aliphatic carbocycles. The Balaban J connectivity index is 2.45. The van der Waals surface area contributed by atoms with E-state index in [1.165, 1.54) is 25.7 Å². The topological polar surface area (TPSA) is 46.6 Å². The normalized spacial score (nSPS) is 18.0. The lowest BCUT2D eigenvalue weighted by atomic mass is 9.86. The fourth-order valence-electron chi connectivity index (χ4n) is 2.67. The SMILES string of the molecule is CCCC1CCN(CC(=O)C(C)(C)C(=O)OCC)CC1. The first-order chi connectivity index (χ1) is 9.41. The summed E-state index contributed by atoms with van der Waals surface area (Å²) in [5.41, 5.74) is -1.03. The molecule has 0 aromatic carbocycles. The van der Waals surface area contributed by atoms with Crippen LogP contribution in [0.25, 0.3) is 0 Å². The quantitative estimate of drug-likeness (QED) is 0.532. The molecule has 1 saturated heterocycles. The van der Waals surface area contributed by atoms with Crippen molar-refractivity contribution in [2.75, 3.05) is 26.2 Å². The number of Topliss-reactive ketones (excluding diaryl/α,β-unsaturated/α-hetero) is 1. The molecule has 1 aliphatic rings. The zero-order valence-corrected chi connectivity index (χ0v) is 13.4. The maximum absolute atomic E-state index is 12.3. The van der Waals surface area contributed by atoms with E-state index in [9.17, 15) is 9.59 Å². The lowest BCUT2D eigenvalue weighted by molar-refractivity contribution is -0.158. The summed E-state index contributed by atoms with van der Waals surface area (Å²) >= 11 is 0. The number of piperidine rings is 1. The number of ketones is 1. The first-order valence-electron chi connectivity index (χ1n) is 7.84. The van der Waals surface area contributed by atoms with Crippen LogP contribution in [0.1, 0.15) is 53.4 Å². The Hall–Kier alpha value is -0.900. The molecule has 116 valence electrons. The zero-order valence-electron chi connectivity index (χ0n) is 13.4. The summed E-state index contributed by atoms with van der Waals surface area (Å²) in [6.45, 7) is 9.93. The highest BCUT2D eigenvalue weighted by atomic mass is 16.5. The smallest absolute Gasteiger partial charge is 0.319 e. The van der Waals surface area contributed by atoms with Crippen molar-refractivity contribution in [3.63, 3.8) is 0 Å². The van der Waals surface area contributed by atoms with Gasteiger partial charge in [-0.05, 0) is 52.6 Å². The van der Waals surface area contributed by atoms with Gasteiger partial charge in [0.25, 0.3) is 0 Å². The number of rotatable bonds is 7. The van der Waals surface area contributed by atoms with Crippen LogP contribution >= 0.6 is 0 Å². The van der Waals surface area contributed by atoms with Crippen LogP contribution in [0.2, 0.25) is 0 Å². The van der Waals surface area contributed by atoms with E-state index in [1.807, 2.05) is 0 Å². The van der Waals surface area contributed by atoms with Crippen LogP contribution in [0.15, 0.2) is 0 Å².